The van der Waals surface area contributed by atoms with E-state index in [2.05, 4.69) is 11.1 Å². The predicted molar refractivity (Wildman–Crippen MR) is 112 cm³/mol. The lowest BCUT2D eigenvalue weighted by Gasteiger charge is -2.13. The smallest absolute Gasteiger partial charge is 0.307 e. The Labute approximate surface area is 163 Å². The molecule has 144 valence electrons. The first-order chi connectivity index (χ1) is 12.5. The van der Waals surface area contributed by atoms with Crippen LogP contribution in [0.15, 0.2) is 30.3 Å². The minimum absolute atomic E-state index is 0.0383. The monoisotopic (exact) mass is 386 g/mol. The molecule has 0 unspecified atom stereocenters. The summed E-state index contributed by atoms with van der Waals surface area (Å²) >= 11 is 1.62. The first kappa shape index (κ1) is 20.9. The molecule has 0 atom stereocenters. The Hall–Kier alpha value is -2.44. The molecule has 0 spiro atoms. The molecule has 0 fully saturated rings. The molecule has 1 aromatic carbocycles. The van der Waals surface area contributed by atoms with Crippen LogP contribution in [-0.2, 0) is 11.2 Å². The number of anilines is 1. The number of nitrogen functional groups attached to an aromatic ring is 1. The number of thiophene rings is 1. The van der Waals surface area contributed by atoms with Gasteiger partial charge in [-0.2, -0.15) is 0 Å². The fourth-order valence-electron chi connectivity index (χ4n) is 2.67. The van der Waals surface area contributed by atoms with E-state index in [9.17, 15) is 9.90 Å². The Balaban J connectivity index is 0.000000465. The maximum Gasteiger partial charge on any atom is 0.307 e. The van der Waals surface area contributed by atoms with Crippen LogP contribution in [0, 0.1) is 13.8 Å². The number of hydrogen-bond donors (Lipinski definition) is 3. The summed E-state index contributed by atoms with van der Waals surface area (Å²) in [6.07, 6.45) is -0.0383. The molecule has 2 aromatic heterocycles. The summed E-state index contributed by atoms with van der Waals surface area (Å²) in [6.45, 7) is 9.13. The molecule has 0 bridgehead atoms. The molecule has 3 rings (SSSR count). The number of carbonyl (C=O) groups is 1. The number of fused-ring (bicyclic) bond motifs is 1. The second kappa shape index (κ2) is 8.06. The van der Waals surface area contributed by atoms with Crippen LogP contribution < -0.4 is 5.73 Å². The van der Waals surface area contributed by atoms with Crippen molar-refractivity contribution in [3.05, 3.63) is 46.5 Å². The van der Waals surface area contributed by atoms with E-state index in [1.54, 1.807) is 32.1 Å². The molecule has 2 heterocycles. The Morgan fingerprint density at radius 2 is 1.74 bits per heavy atom. The van der Waals surface area contributed by atoms with Gasteiger partial charge in [-0.1, -0.05) is 12.1 Å². The molecule has 6 heteroatoms. The zero-order valence-electron chi connectivity index (χ0n) is 16.3. The lowest BCUT2D eigenvalue weighted by atomic mass is 9.94. The number of aliphatic carboxylic acids is 1. The van der Waals surface area contributed by atoms with Crippen molar-refractivity contribution in [2.75, 3.05) is 5.73 Å². The molecule has 0 aliphatic heterocycles. The van der Waals surface area contributed by atoms with Gasteiger partial charge in [0.25, 0.3) is 0 Å². The van der Waals surface area contributed by atoms with Crippen LogP contribution in [0.2, 0.25) is 0 Å². The summed E-state index contributed by atoms with van der Waals surface area (Å²) in [4.78, 5) is 17.9. The van der Waals surface area contributed by atoms with Crippen LogP contribution >= 0.6 is 11.3 Å². The van der Waals surface area contributed by atoms with Gasteiger partial charge in [0, 0.05) is 21.6 Å². The molecule has 3 aromatic rings. The SMILES string of the molecule is CC(C)(C)O.Cc1cc2c(-c3ccc(N)cc3)c(CC(=O)O)c(C)nc2s1. The fraction of sp³-hybridized carbons (Fsp3) is 0.333. The topological polar surface area (TPSA) is 96.4 Å². The number of carboxylic acids is 1. The van der Waals surface area contributed by atoms with Crippen LogP contribution in [0.3, 0.4) is 0 Å². The van der Waals surface area contributed by atoms with E-state index < -0.39 is 11.6 Å². The normalized spacial score (nSPS) is 11.2. The number of hydrogen-bond acceptors (Lipinski definition) is 5. The highest BCUT2D eigenvalue weighted by atomic mass is 32.1. The van der Waals surface area contributed by atoms with Gasteiger partial charge >= 0.3 is 5.97 Å². The standard InChI is InChI=1S/C17H16N2O2S.C4H10O/c1-9-7-14-16(11-3-5-12(18)6-4-11)13(8-15(20)21)10(2)19-17(14)22-9;1-4(2,3)5/h3-7H,8,18H2,1-2H3,(H,20,21);5H,1-3H3. The maximum absolute atomic E-state index is 11.3. The first-order valence-corrected chi connectivity index (χ1v) is 9.47. The van der Waals surface area contributed by atoms with E-state index in [4.69, 9.17) is 10.8 Å². The van der Waals surface area contributed by atoms with Crippen molar-refractivity contribution in [2.45, 2.75) is 46.6 Å². The third-order valence-electron chi connectivity index (χ3n) is 3.64. The van der Waals surface area contributed by atoms with Gasteiger partial charge in [-0.25, -0.2) is 4.98 Å². The number of nitrogens with zero attached hydrogens (tertiary/aromatic N) is 1. The first-order valence-electron chi connectivity index (χ1n) is 8.65. The third-order valence-corrected chi connectivity index (χ3v) is 4.58. The molecule has 0 radical (unpaired) electrons. The van der Waals surface area contributed by atoms with Gasteiger partial charge in [0.05, 0.1) is 12.0 Å². The summed E-state index contributed by atoms with van der Waals surface area (Å²) in [5.74, 6) is -0.854. The van der Waals surface area contributed by atoms with Crippen molar-refractivity contribution in [3.63, 3.8) is 0 Å². The van der Waals surface area contributed by atoms with Crippen LogP contribution in [0.4, 0.5) is 5.69 Å². The van der Waals surface area contributed by atoms with Crippen LogP contribution in [0.25, 0.3) is 21.3 Å². The molecule has 5 nitrogen and oxygen atoms in total. The van der Waals surface area contributed by atoms with Crippen LogP contribution in [0.5, 0.6) is 0 Å². The minimum Gasteiger partial charge on any atom is -0.481 e. The van der Waals surface area contributed by atoms with Crippen molar-refractivity contribution in [1.29, 1.82) is 0 Å². The summed E-state index contributed by atoms with van der Waals surface area (Å²) in [7, 11) is 0. The van der Waals surface area contributed by atoms with Gasteiger partial charge in [-0.15, -0.1) is 11.3 Å². The number of rotatable bonds is 3. The lowest BCUT2D eigenvalue weighted by Crippen LogP contribution is -2.10. The van der Waals surface area contributed by atoms with Gasteiger partial charge in [0.2, 0.25) is 0 Å². The Kier molecular flexibility index (Phi) is 6.23. The average Bonchev–Trinajstić information content (AvgIpc) is 2.87. The second-order valence-electron chi connectivity index (χ2n) is 7.49. The number of pyridine rings is 1. The molecular formula is C21H26N2O3S. The highest BCUT2D eigenvalue weighted by Gasteiger charge is 2.18. The summed E-state index contributed by atoms with van der Waals surface area (Å²) < 4.78 is 0. The number of benzene rings is 1. The van der Waals surface area contributed by atoms with E-state index in [0.717, 1.165) is 37.5 Å². The maximum atomic E-state index is 11.3. The van der Waals surface area contributed by atoms with E-state index in [1.165, 1.54) is 0 Å². The van der Waals surface area contributed by atoms with E-state index in [-0.39, 0.29) is 6.42 Å². The van der Waals surface area contributed by atoms with Crippen molar-refractivity contribution in [3.8, 4) is 11.1 Å². The molecule has 0 saturated heterocycles. The largest absolute Gasteiger partial charge is 0.481 e. The minimum atomic E-state index is -0.854. The summed E-state index contributed by atoms with van der Waals surface area (Å²) in [5.41, 5.74) is 9.41. The second-order valence-corrected chi connectivity index (χ2v) is 8.72. The van der Waals surface area contributed by atoms with E-state index in [1.807, 2.05) is 38.1 Å². The van der Waals surface area contributed by atoms with Crippen molar-refractivity contribution in [1.82, 2.24) is 4.98 Å². The highest BCUT2D eigenvalue weighted by Crippen LogP contribution is 2.37. The molecule has 0 aliphatic rings. The number of aromatic nitrogens is 1. The quantitative estimate of drug-likeness (QED) is 0.573. The number of aryl methyl sites for hydroxylation is 2. The third kappa shape index (κ3) is 5.77. The molecule has 0 saturated carbocycles. The van der Waals surface area contributed by atoms with Crippen LogP contribution in [-0.4, -0.2) is 26.8 Å². The lowest BCUT2D eigenvalue weighted by molar-refractivity contribution is -0.136. The van der Waals surface area contributed by atoms with Gasteiger partial charge in [0.15, 0.2) is 0 Å². The van der Waals surface area contributed by atoms with Crippen molar-refractivity contribution >= 4 is 33.2 Å². The van der Waals surface area contributed by atoms with Crippen molar-refractivity contribution in [2.24, 2.45) is 0 Å². The number of nitrogens with two attached hydrogens (primary N) is 1. The molecule has 0 amide bonds. The highest BCUT2D eigenvalue weighted by molar-refractivity contribution is 7.18. The van der Waals surface area contributed by atoms with Gasteiger partial charge in [-0.3, -0.25) is 4.79 Å². The Bertz CT molecular complexity index is 948. The zero-order valence-corrected chi connectivity index (χ0v) is 17.1. The molecule has 27 heavy (non-hydrogen) atoms. The Morgan fingerprint density at radius 3 is 2.26 bits per heavy atom. The summed E-state index contributed by atoms with van der Waals surface area (Å²) in [6, 6.07) is 9.61. The zero-order chi connectivity index (χ0) is 20.4. The number of carboxylic acid groups (broad SMARTS) is 1. The average molecular weight is 387 g/mol. The molecular weight excluding hydrogens is 360 g/mol. The van der Waals surface area contributed by atoms with Gasteiger partial charge < -0.3 is 15.9 Å². The van der Waals surface area contributed by atoms with Gasteiger partial charge in [0.1, 0.15) is 4.83 Å². The summed E-state index contributed by atoms with van der Waals surface area (Å²) in [5, 5.41) is 18.8. The van der Waals surface area contributed by atoms with Gasteiger partial charge in [-0.05, 0) is 69.5 Å². The van der Waals surface area contributed by atoms with Crippen LogP contribution in [0.1, 0.15) is 36.9 Å². The molecule has 4 N–H and O–H groups in total. The molecule has 0 aliphatic carbocycles. The Morgan fingerprint density at radius 1 is 1.19 bits per heavy atom. The predicted octanol–water partition coefficient (Wildman–Crippen LogP) is 4.57. The number of aliphatic hydroxyl groups is 1. The van der Waals surface area contributed by atoms with E-state index in [0.29, 0.717) is 5.69 Å². The van der Waals surface area contributed by atoms with Crippen molar-refractivity contribution < 1.29 is 15.0 Å². The van der Waals surface area contributed by atoms with E-state index >= 15 is 0 Å². The fourth-order valence-corrected chi connectivity index (χ4v) is 3.61.